The zero-order valence-corrected chi connectivity index (χ0v) is 11.3. The molecule has 1 saturated heterocycles. The summed E-state index contributed by atoms with van der Waals surface area (Å²) in [7, 11) is 0. The molecule has 0 aromatic heterocycles. The number of rotatable bonds is 3. The van der Waals surface area contributed by atoms with Gasteiger partial charge in [-0.3, -0.25) is 4.79 Å². The van der Waals surface area contributed by atoms with E-state index in [-0.39, 0.29) is 12.4 Å². The van der Waals surface area contributed by atoms with Gasteiger partial charge in [0, 0.05) is 30.9 Å². The molecule has 1 heterocycles. The summed E-state index contributed by atoms with van der Waals surface area (Å²) in [6.45, 7) is 3.66. The van der Waals surface area contributed by atoms with Crippen LogP contribution < -0.4 is 4.90 Å². The molecule has 0 unspecified atom stereocenters. The van der Waals surface area contributed by atoms with Gasteiger partial charge < -0.3 is 10.0 Å². The number of piperidine rings is 1. The number of anilines is 1. The Morgan fingerprint density at radius 1 is 1.44 bits per heavy atom. The van der Waals surface area contributed by atoms with Crippen molar-refractivity contribution in [3.8, 4) is 0 Å². The van der Waals surface area contributed by atoms with E-state index < -0.39 is 0 Å². The Labute approximate surface area is 112 Å². The molecule has 0 radical (unpaired) electrons. The van der Waals surface area contributed by atoms with Gasteiger partial charge in [-0.1, -0.05) is 11.6 Å². The third kappa shape index (κ3) is 2.85. The van der Waals surface area contributed by atoms with Crippen LogP contribution in [0.5, 0.6) is 0 Å². The molecule has 1 N–H and O–H groups in total. The Balaban J connectivity index is 2.11. The highest BCUT2D eigenvalue weighted by Gasteiger charge is 2.19. The third-order valence-electron chi connectivity index (χ3n) is 3.57. The molecule has 0 bridgehead atoms. The van der Waals surface area contributed by atoms with Gasteiger partial charge in [0.15, 0.2) is 5.78 Å². The summed E-state index contributed by atoms with van der Waals surface area (Å²) >= 11 is 6.11. The number of aliphatic hydroxyl groups is 1. The van der Waals surface area contributed by atoms with Gasteiger partial charge in [0.25, 0.3) is 0 Å². The van der Waals surface area contributed by atoms with Crippen LogP contribution in [-0.4, -0.2) is 30.6 Å². The van der Waals surface area contributed by atoms with Crippen LogP contribution in [0, 0.1) is 5.92 Å². The normalized spacial score (nSPS) is 16.9. The Morgan fingerprint density at radius 3 is 2.61 bits per heavy atom. The molecular weight excluding hydrogens is 250 g/mol. The van der Waals surface area contributed by atoms with Crippen LogP contribution in [0.15, 0.2) is 18.2 Å². The lowest BCUT2D eigenvalue weighted by atomic mass is 9.97. The highest BCUT2D eigenvalue weighted by atomic mass is 35.5. The molecule has 18 heavy (non-hydrogen) atoms. The minimum Gasteiger partial charge on any atom is -0.396 e. The first-order chi connectivity index (χ1) is 8.61. The first kappa shape index (κ1) is 13.4. The van der Waals surface area contributed by atoms with Gasteiger partial charge in [-0.15, -0.1) is 0 Å². The molecule has 1 aliphatic rings. The van der Waals surface area contributed by atoms with Crippen molar-refractivity contribution in [1.82, 2.24) is 0 Å². The molecule has 0 aliphatic carbocycles. The molecule has 4 heteroatoms. The van der Waals surface area contributed by atoms with Crippen molar-refractivity contribution in [3.05, 3.63) is 28.8 Å². The van der Waals surface area contributed by atoms with Crippen LogP contribution in [0.1, 0.15) is 30.1 Å². The summed E-state index contributed by atoms with van der Waals surface area (Å²) in [5.41, 5.74) is 1.63. The van der Waals surface area contributed by atoms with E-state index in [1.54, 1.807) is 6.07 Å². The summed E-state index contributed by atoms with van der Waals surface area (Å²) in [5, 5.41) is 9.63. The summed E-state index contributed by atoms with van der Waals surface area (Å²) in [6, 6.07) is 5.59. The number of carbonyl (C=O) groups excluding carboxylic acids is 1. The van der Waals surface area contributed by atoms with Gasteiger partial charge in [0.05, 0.1) is 5.02 Å². The minimum absolute atomic E-state index is 0.00876. The maximum Gasteiger partial charge on any atom is 0.161 e. The van der Waals surface area contributed by atoms with Crippen LogP contribution in [0.2, 0.25) is 5.02 Å². The lowest BCUT2D eigenvalue weighted by Gasteiger charge is -2.33. The number of ketones is 1. The van der Waals surface area contributed by atoms with Crippen molar-refractivity contribution in [1.29, 1.82) is 0 Å². The average molecular weight is 268 g/mol. The minimum atomic E-state index is -0.00876. The highest BCUT2D eigenvalue weighted by molar-refractivity contribution is 6.34. The summed E-state index contributed by atoms with van der Waals surface area (Å²) < 4.78 is 0. The lowest BCUT2D eigenvalue weighted by molar-refractivity contribution is 0.101. The Hall–Kier alpha value is -1.06. The molecule has 1 fully saturated rings. The summed E-state index contributed by atoms with van der Waals surface area (Å²) in [4.78, 5) is 13.6. The van der Waals surface area contributed by atoms with E-state index >= 15 is 0 Å². The number of aliphatic hydroxyl groups excluding tert-OH is 1. The van der Waals surface area contributed by atoms with Gasteiger partial charge in [-0.25, -0.2) is 0 Å². The molecule has 0 atom stereocenters. The first-order valence-electron chi connectivity index (χ1n) is 6.28. The third-order valence-corrected chi connectivity index (χ3v) is 3.88. The second-order valence-corrected chi connectivity index (χ2v) is 5.24. The molecule has 1 aliphatic heterocycles. The smallest absolute Gasteiger partial charge is 0.161 e. The van der Waals surface area contributed by atoms with Gasteiger partial charge >= 0.3 is 0 Å². The predicted octanol–water partition coefficient (Wildman–Crippen LogP) is 2.75. The summed E-state index contributed by atoms with van der Waals surface area (Å²) in [6.07, 6.45) is 2.01. The van der Waals surface area contributed by atoms with E-state index in [0.717, 1.165) is 31.6 Å². The van der Waals surface area contributed by atoms with Crippen molar-refractivity contribution in [2.45, 2.75) is 19.8 Å². The SMILES string of the molecule is CC(=O)c1ccc(N2CCC(CO)CC2)cc1Cl. The van der Waals surface area contributed by atoms with Gasteiger partial charge in [0.1, 0.15) is 0 Å². The van der Waals surface area contributed by atoms with E-state index in [2.05, 4.69) is 4.90 Å². The molecule has 1 aromatic rings. The zero-order chi connectivity index (χ0) is 13.1. The number of halogens is 1. The Kier molecular flexibility index (Phi) is 4.25. The number of hydrogen-bond acceptors (Lipinski definition) is 3. The summed E-state index contributed by atoms with van der Waals surface area (Å²) in [5.74, 6) is 0.416. The average Bonchev–Trinajstić information content (AvgIpc) is 2.38. The van der Waals surface area contributed by atoms with E-state index in [1.165, 1.54) is 6.92 Å². The van der Waals surface area contributed by atoms with Gasteiger partial charge in [0.2, 0.25) is 0 Å². The van der Waals surface area contributed by atoms with Crippen LogP contribution in [0.3, 0.4) is 0 Å². The number of nitrogens with zero attached hydrogens (tertiary/aromatic N) is 1. The van der Waals surface area contributed by atoms with E-state index in [4.69, 9.17) is 16.7 Å². The number of Topliss-reactive ketones (excluding diaryl/α,β-unsaturated/α-hetero) is 1. The maximum atomic E-state index is 11.3. The standard InChI is InChI=1S/C14H18ClNO2/c1-10(18)13-3-2-12(8-14(13)15)16-6-4-11(9-17)5-7-16/h2-3,8,11,17H,4-7,9H2,1H3. The highest BCUT2D eigenvalue weighted by Crippen LogP contribution is 2.27. The molecule has 2 rings (SSSR count). The van der Waals surface area contributed by atoms with Crippen molar-refractivity contribution >= 4 is 23.1 Å². The van der Waals surface area contributed by atoms with Crippen molar-refractivity contribution in [2.24, 2.45) is 5.92 Å². The topological polar surface area (TPSA) is 40.5 Å². The predicted molar refractivity (Wildman–Crippen MR) is 73.5 cm³/mol. The fraction of sp³-hybridized carbons (Fsp3) is 0.500. The Morgan fingerprint density at radius 2 is 2.11 bits per heavy atom. The van der Waals surface area contributed by atoms with Crippen LogP contribution in [0.4, 0.5) is 5.69 Å². The Bertz CT molecular complexity index is 439. The second kappa shape index (κ2) is 5.72. The first-order valence-corrected chi connectivity index (χ1v) is 6.66. The molecule has 3 nitrogen and oxygen atoms in total. The fourth-order valence-electron chi connectivity index (χ4n) is 2.36. The van der Waals surface area contributed by atoms with E-state index in [9.17, 15) is 4.79 Å². The molecule has 0 amide bonds. The van der Waals surface area contributed by atoms with Gasteiger partial charge in [-0.05, 0) is 43.9 Å². The quantitative estimate of drug-likeness (QED) is 0.856. The van der Waals surface area contributed by atoms with E-state index in [0.29, 0.717) is 16.5 Å². The molecule has 0 spiro atoms. The molecule has 0 saturated carbocycles. The number of hydrogen-bond donors (Lipinski definition) is 1. The monoisotopic (exact) mass is 267 g/mol. The van der Waals surface area contributed by atoms with Crippen molar-refractivity contribution in [2.75, 3.05) is 24.6 Å². The van der Waals surface area contributed by atoms with Crippen molar-refractivity contribution in [3.63, 3.8) is 0 Å². The molecule has 1 aromatic carbocycles. The van der Waals surface area contributed by atoms with Gasteiger partial charge in [-0.2, -0.15) is 0 Å². The lowest BCUT2D eigenvalue weighted by Crippen LogP contribution is -2.34. The molecule has 98 valence electrons. The van der Waals surface area contributed by atoms with Crippen LogP contribution in [-0.2, 0) is 0 Å². The zero-order valence-electron chi connectivity index (χ0n) is 10.5. The van der Waals surface area contributed by atoms with E-state index in [1.807, 2.05) is 12.1 Å². The van der Waals surface area contributed by atoms with Crippen molar-refractivity contribution < 1.29 is 9.90 Å². The molecular formula is C14H18ClNO2. The fourth-order valence-corrected chi connectivity index (χ4v) is 2.67. The largest absolute Gasteiger partial charge is 0.396 e. The maximum absolute atomic E-state index is 11.3. The number of benzene rings is 1. The number of carbonyl (C=O) groups is 1. The van der Waals surface area contributed by atoms with Crippen LogP contribution in [0.25, 0.3) is 0 Å². The second-order valence-electron chi connectivity index (χ2n) is 4.83. The van der Waals surface area contributed by atoms with Crippen LogP contribution >= 0.6 is 11.6 Å².